The summed E-state index contributed by atoms with van der Waals surface area (Å²) in [6.07, 6.45) is 5.17. The average Bonchev–Trinajstić information content (AvgIpc) is 2.92. The summed E-state index contributed by atoms with van der Waals surface area (Å²) < 4.78 is 0. The molecule has 0 saturated heterocycles. The number of anilines is 2. The molecule has 0 heterocycles. The summed E-state index contributed by atoms with van der Waals surface area (Å²) >= 11 is 0. The number of hydrogen-bond acceptors (Lipinski definition) is 3. The summed E-state index contributed by atoms with van der Waals surface area (Å²) in [4.78, 5) is 11.9. The molecular formula is C15H23N3O. The van der Waals surface area contributed by atoms with E-state index in [2.05, 4.69) is 17.6 Å². The molecule has 1 aromatic carbocycles. The fraction of sp³-hybridized carbons (Fsp3) is 0.533. The fourth-order valence-corrected chi connectivity index (χ4v) is 2.83. The van der Waals surface area contributed by atoms with E-state index in [0.29, 0.717) is 23.2 Å². The Kier molecular flexibility index (Phi) is 4.30. The number of hydrogen-bond donors (Lipinski definition) is 3. The molecule has 19 heavy (non-hydrogen) atoms. The van der Waals surface area contributed by atoms with E-state index in [4.69, 9.17) is 5.73 Å². The number of amides is 1. The molecule has 1 aromatic rings. The predicted molar refractivity (Wildman–Crippen MR) is 79.3 cm³/mol. The largest absolute Gasteiger partial charge is 0.399 e. The van der Waals surface area contributed by atoms with Crippen molar-refractivity contribution in [1.29, 1.82) is 0 Å². The zero-order chi connectivity index (χ0) is 13.8. The van der Waals surface area contributed by atoms with E-state index in [1.165, 1.54) is 25.7 Å². The van der Waals surface area contributed by atoms with Crippen molar-refractivity contribution >= 4 is 17.3 Å². The van der Waals surface area contributed by atoms with Crippen LogP contribution in [0.25, 0.3) is 0 Å². The highest BCUT2D eigenvalue weighted by atomic mass is 16.1. The second-order valence-electron chi connectivity index (χ2n) is 5.36. The van der Waals surface area contributed by atoms with Gasteiger partial charge in [0.2, 0.25) is 0 Å². The Balaban J connectivity index is 2.17. The summed E-state index contributed by atoms with van der Waals surface area (Å²) in [6.45, 7) is 2.19. The first-order chi connectivity index (χ1) is 9.11. The van der Waals surface area contributed by atoms with Gasteiger partial charge in [-0.25, -0.2) is 0 Å². The van der Waals surface area contributed by atoms with Gasteiger partial charge in [-0.05, 0) is 43.9 Å². The third-order valence-corrected chi connectivity index (χ3v) is 4.01. The lowest BCUT2D eigenvalue weighted by molar-refractivity contribution is 0.0964. The highest BCUT2D eigenvalue weighted by Gasteiger charge is 2.22. The zero-order valence-corrected chi connectivity index (χ0v) is 11.7. The molecule has 0 aromatic heterocycles. The minimum atomic E-state index is -0.0823. The minimum Gasteiger partial charge on any atom is -0.399 e. The quantitative estimate of drug-likeness (QED) is 0.730. The Morgan fingerprint density at radius 3 is 2.68 bits per heavy atom. The fourth-order valence-electron chi connectivity index (χ4n) is 2.83. The first-order valence-electron chi connectivity index (χ1n) is 7.00. The lowest BCUT2D eigenvalue weighted by Crippen LogP contribution is -2.26. The van der Waals surface area contributed by atoms with Crippen LogP contribution in [0.1, 0.15) is 43.0 Å². The van der Waals surface area contributed by atoms with Crippen LogP contribution in [0.4, 0.5) is 11.4 Å². The smallest absolute Gasteiger partial charge is 0.253 e. The number of nitrogens with one attached hydrogen (secondary N) is 2. The minimum absolute atomic E-state index is 0.0823. The summed E-state index contributed by atoms with van der Waals surface area (Å²) in [7, 11) is 1.64. The molecule has 1 aliphatic carbocycles. The normalized spacial score (nSPS) is 17.2. The van der Waals surface area contributed by atoms with E-state index in [1.54, 1.807) is 19.2 Å². The maximum Gasteiger partial charge on any atom is 0.253 e. The molecule has 1 amide bonds. The van der Waals surface area contributed by atoms with Crippen LogP contribution in [0.2, 0.25) is 0 Å². The van der Waals surface area contributed by atoms with Crippen molar-refractivity contribution in [2.24, 2.45) is 5.92 Å². The molecule has 1 unspecified atom stereocenters. The van der Waals surface area contributed by atoms with E-state index < -0.39 is 0 Å². The second-order valence-corrected chi connectivity index (χ2v) is 5.36. The molecule has 4 nitrogen and oxygen atoms in total. The molecule has 0 aliphatic heterocycles. The number of rotatable bonds is 4. The highest BCUT2D eigenvalue weighted by molar-refractivity contribution is 6.00. The van der Waals surface area contributed by atoms with E-state index in [0.717, 1.165) is 5.69 Å². The molecule has 1 saturated carbocycles. The van der Waals surface area contributed by atoms with Gasteiger partial charge in [0, 0.05) is 24.5 Å². The third-order valence-electron chi connectivity index (χ3n) is 4.01. The van der Waals surface area contributed by atoms with Gasteiger partial charge in [0.1, 0.15) is 0 Å². The van der Waals surface area contributed by atoms with Crippen LogP contribution < -0.4 is 16.4 Å². The van der Waals surface area contributed by atoms with E-state index in [9.17, 15) is 4.79 Å². The molecule has 4 heteroatoms. The van der Waals surface area contributed by atoms with Gasteiger partial charge >= 0.3 is 0 Å². The predicted octanol–water partition coefficient (Wildman–Crippen LogP) is 2.62. The molecule has 104 valence electrons. The van der Waals surface area contributed by atoms with Crippen LogP contribution in [0.15, 0.2) is 18.2 Å². The van der Waals surface area contributed by atoms with Crippen LogP contribution in [-0.2, 0) is 0 Å². The molecule has 0 radical (unpaired) electrons. The van der Waals surface area contributed by atoms with Gasteiger partial charge in [0.05, 0.1) is 5.56 Å². The molecule has 2 rings (SSSR count). The summed E-state index contributed by atoms with van der Waals surface area (Å²) in [5.41, 5.74) is 7.99. The van der Waals surface area contributed by atoms with Crippen molar-refractivity contribution in [2.75, 3.05) is 18.1 Å². The number of nitrogen functional groups attached to an aromatic ring is 1. The number of carbonyl (C=O) groups excluding carboxylic acids is 1. The van der Waals surface area contributed by atoms with Crippen molar-refractivity contribution in [3.05, 3.63) is 23.8 Å². The Bertz CT molecular complexity index is 453. The van der Waals surface area contributed by atoms with E-state index in [1.807, 2.05) is 6.07 Å². The van der Waals surface area contributed by atoms with Crippen LogP contribution >= 0.6 is 0 Å². The third kappa shape index (κ3) is 3.19. The van der Waals surface area contributed by atoms with Gasteiger partial charge < -0.3 is 16.4 Å². The Morgan fingerprint density at radius 2 is 2.05 bits per heavy atom. The molecule has 0 spiro atoms. The Hall–Kier alpha value is -1.71. The van der Waals surface area contributed by atoms with Gasteiger partial charge in [0.15, 0.2) is 0 Å². The average molecular weight is 261 g/mol. The maximum absolute atomic E-state index is 11.9. The van der Waals surface area contributed by atoms with Gasteiger partial charge in [-0.3, -0.25) is 4.79 Å². The summed E-state index contributed by atoms with van der Waals surface area (Å²) in [6, 6.07) is 5.75. The SMILES string of the molecule is CNC(=O)c1ccc(N)cc1NC(C)C1CCCC1. The van der Waals surface area contributed by atoms with Crippen LogP contribution in [0.5, 0.6) is 0 Å². The monoisotopic (exact) mass is 261 g/mol. The topological polar surface area (TPSA) is 67.2 Å². The summed E-state index contributed by atoms with van der Waals surface area (Å²) in [5.74, 6) is 0.611. The standard InChI is InChI=1S/C15H23N3O/c1-10(11-5-3-4-6-11)18-14-9-12(16)7-8-13(14)15(19)17-2/h7-11,18H,3-6,16H2,1-2H3,(H,17,19). The van der Waals surface area contributed by atoms with Gasteiger partial charge in [-0.2, -0.15) is 0 Å². The van der Waals surface area contributed by atoms with Crippen molar-refractivity contribution in [2.45, 2.75) is 38.6 Å². The molecular weight excluding hydrogens is 238 g/mol. The number of nitrogens with two attached hydrogens (primary N) is 1. The summed E-state index contributed by atoms with van der Waals surface area (Å²) in [5, 5.41) is 6.13. The van der Waals surface area contributed by atoms with Gasteiger partial charge in [-0.15, -0.1) is 0 Å². The molecule has 1 aliphatic rings. The van der Waals surface area contributed by atoms with Crippen molar-refractivity contribution in [3.8, 4) is 0 Å². The van der Waals surface area contributed by atoms with Crippen molar-refractivity contribution < 1.29 is 4.79 Å². The lowest BCUT2D eigenvalue weighted by Gasteiger charge is -2.23. The van der Waals surface area contributed by atoms with Crippen molar-refractivity contribution in [3.63, 3.8) is 0 Å². The molecule has 4 N–H and O–H groups in total. The number of benzene rings is 1. The van der Waals surface area contributed by atoms with E-state index in [-0.39, 0.29) is 5.91 Å². The van der Waals surface area contributed by atoms with E-state index >= 15 is 0 Å². The van der Waals surface area contributed by atoms with Crippen molar-refractivity contribution in [1.82, 2.24) is 5.32 Å². The van der Waals surface area contributed by atoms with Crippen LogP contribution in [-0.4, -0.2) is 19.0 Å². The highest BCUT2D eigenvalue weighted by Crippen LogP contribution is 2.30. The number of carbonyl (C=O) groups is 1. The van der Waals surface area contributed by atoms with Gasteiger partial charge in [-0.1, -0.05) is 12.8 Å². The second kappa shape index (κ2) is 5.95. The first kappa shape index (κ1) is 13.7. The first-order valence-corrected chi connectivity index (χ1v) is 7.00. The maximum atomic E-state index is 11.9. The van der Waals surface area contributed by atoms with Gasteiger partial charge in [0.25, 0.3) is 5.91 Å². The zero-order valence-electron chi connectivity index (χ0n) is 11.7. The molecule has 1 fully saturated rings. The van der Waals surface area contributed by atoms with Crippen LogP contribution in [0, 0.1) is 5.92 Å². The molecule has 1 atom stereocenters. The Morgan fingerprint density at radius 1 is 1.37 bits per heavy atom. The Labute approximate surface area is 114 Å². The molecule has 0 bridgehead atoms. The lowest BCUT2D eigenvalue weighted by atomic mass is 9.99. The van der Waals surface area contributed by atoms with Crippen LogP contribution in [0.3, 0.4) is 0 Å².